The molecule has 1 aliphatic heterocycles. The fraction of sp³-hybridized carbons (Fsp3) is 0.375. The average molecular weight is 304 g/mol. The zero-order valence-corrected chi connectivity index (χ0v) is 13.3. The lowest BCUT2D eigenvalue weighted by molar-refractivity contribution is -0.115. The van der Waals surface area contributed by atoms with E-state index in [2.05, 4.69) is 43.2 Å². The van der Waals surface area contributed by atoms with Crippen molar-refractivity contribution in [2.24, 2.45) is 4.99 Å². The van der Waals surface area contributed by atoms with Gasteiger partial charge >= 0.3 is 0 Å². The van der Waals surface area contributed by atoms with Crippen LogP contribution in [0.25, 0.3) is 6.08 Å². The van der Waals surface area contributed by atoms with E-state index >= 15 is 0 Å². The summed E-state index contributed by atoms with van der Waals surface area (Å²) in [6.45, 7) is 6.79. The van der Waals surface area contributed by atoms with Crippen molar-refractivity contribution in [1.82, 2.24) is 5.32 Å². The first-order valence-corrected chi connectivity index (χ1v) is 7.68. The minimum absolute atomic E-state index is 0.0206. The summed E-state index contributed by atoms with van der Waals surface area (Å²) < 4.78 is 0. The number of benzene rings is 1. The maximum absolute atomic E-state index is 11.8. The minimum Gasteiger partial charge on any atom is -0.394 e. The summed E-state index contributed by atoms with van der Waals surface area (Å²) in [5.41, 5.74) is 2.37. The summed E-state index contributed by atoms with van der Waals surface area (Å²) in [7, 11) is 0. The Morgan fingerprint density at radius 3 is 2.52 bits per heavy atom. The molecule has 1 heterocycles. The lowest BCUT2D eigenvalue weighted by Gasteiger charge is -2.18. The van der Waals surface area contributed by atoms with Gasteiger partial charge in [0.25, 0.3) is 5.91 Å². The molecule has 0 radical (unpaired) electrons. The van der Waals surface area contributed by atoms with Gasteiger partial charge < -0.3 is 10.4 Å². The number of nitrogens with one attached hydrogen (secondary N) is 1. The number of rotatable bonds is 3. The van der Waals surface area contributed by atoms with Crippen LogP contribution in [-0.2, 0) is 10.2 Å². The van der Waals surface area contributed by atoms with Gasteiger partial charge in [-0.3, -0.25) is 9.79 Å². The molecule has 1 saturated heterocycles. The minimum atomic E-state index is -0.142. The molecule has 112 valence electrons. The van der Waals surface area contributed by atoms with Crippen molar-refractivity contribution in [3.8, 4) is 0 Å². The largest absolute Gasteiger partial charge is 0.394 e. The van der Waals surface area contributed by atoms with Crippen molar-refractivity contribution < 1.29 is 9.90 Å². The number of aliphatic imine (C=N–C) groups is 1. The molecule has 0 bridgehead atoms. The van der Waals surface area contributed by atoms with E-state index in [1.54, 1.807) is 0 Å². The molecule has 1 fully saturated rings. The molecule has 1 aromatic carbocycles. The average Bonchev–Trinajstić information content (AvgIpc) is 2.76. The summed E-state index contributed by atoms with van der Waals surface area (Å²) in [4.78, 5) is 16.5. The van der Waals surface area contributed by atoms with Crippen molar-refractivity contribution in [2.75, 3.05) is 13.2 Å². The van der Waals surface area contributed by atoms with E-state index in [9.17, 15) is 4.79 Å². The monoisotopic (exact) mass is 304 g/mol. The predicted molar refractivity (Wildman–Crippen MR) is 88.2 cm³/mol. The van der Waals surface area contributed by atoms with Crippen LogP contribution >= 0.6 is 11.8 Å². The van der Waals surface area contributed by atoms with E-state index in [4.69, 9.17) is 5.11 Å². The zero-order chi connectivity index (χ0) is 15.5. The predicted octanol–water partition coefficient (Wildman–Crippen LogP) is 2.54. The summed E-state index contributed by atoms with van der Waals surface area (Å²) >= 11 is 1.30. The third kappa shape index (κ3) is 4.19. The molecule has 1 amide bonds. The Kier molecular flexibility index (Phi) is 4.85. The maximum atomic E-state index is 11.8. The Hall–Kier alpha value is -1.59. The molecule has 5 heteroatoms. The number of amides is 1. The SMILES string of the molecule is CC(C)(C)c1ccc(/C=C2\SC(=NCCO)NC2=O)cc1. The lowest BCUT2D eigenvalue weighted by Crippen LogP contribution is -2.20. The Bertz CT molecular complexity index is 583. The van der Waals surface area contributed by atoms with Gasteiger partial charge in [0.05, 0.1) is 18.1 Å². The van der Waals surface area contributed by atoms with Crippen molar-refractivity contribution in [3.05, 3.63) is 40.3 Å². The summed E-state index contributed by atoms with van der Waals surface area (Å²) in [6.07, 6.45) is 1.86. The van der Waals surface area contributed by atoms with E-state index in [1.165, 1.54) is 17.3 Å². The molecule has 0 aromatic heterocycles. The highest BCUT2D eigenvalue weighted by molar-refractivity contribution is 8.18. The molecule has 2 N–H and O–H groups in total. The number of aliphatic hydroxyl groups excluding tert-OH is 1. The molecule has 1 aliphatic rings. The number of nitrogens with zero attached hydrogens (tertiary/aromatic N) is 1. The highest BCUT2D eigenvalue weighted by atomic mass is 32.2. The number of carbonyl (C=O) groups excluding carboxylic acids is 1. The molecule has 0 aliphatic carbocycles. The first-order chi connectivity index (χ1) is 9.90. The van der Waals surface area contributed by atoms with Crippen LogP contribution in [0.2, 0.25) is 0 Å². The molecule has 0 spiro atoms. The number of hydrogen-bond acceptors (Lipinski definition) is 4. The van der Waals surface area contributed by atoms with Gasteiger partial charge in [-0.1, -0.05) is 45.0 Å². The van der Waals surface area contributed by atoms with Crippen LogP contribution in [0, 0.1) is 0 Å². The van der Waals surface area contributed by atoms with Crippen molar-refractivity contribution in [2.45, 2.75) is 26.2 Å². The first kappa shape index (κ1) is 15.8. The number of hydrogen-bond donors (Lipinski definition) is 2. The van der Waals surface area contributed by atoms with E-state index < -0.39 is 0 Å². The van der Waals surface area contributed by atoms with Crippen molar-refractivity contribution in [3.63, 3.8) is 0 Å². The fourth-order valence-electron chi connectivity index (χ4n) is 1.88. The summed E-state index contributed by atoms with van der Waals surface area (Å²) in [5.74, 6) is -0.142. The molecule has 21 heavy (non-hydrogen) atoms. The van der Waals surface area contributed by atoms with Gasteiger partial charge in [-0.25, -0.2) is 0 Å². The third-order valence-corrected chi connectivity index (χ3v) is 4.03. The molecule has 2 rings (SSSR count). The van der Waals surface area contributed by atoms with Crippen LogP contribution in [0.1, 0.15) is 31.9 Å². The molecule has 0 saturated carbocycles. The molecular formula is C16H20N2O2S. The van der Waals surface area contributed by atoms with E-state index in [0.717, 1.165) is 5.56 Å². The Morgan fingerprint density at radius 2 is 1.95 bits per heavy atom. The lowest BCUT2D eigenvalue weighted by atomic mass is 9.87. The van der Waals surface area contributed by atoms with Crippen LogP contribution in [0.4, 0.5) is 0 Å². The van der Waals surface area contributed by atoms with Crippen LogP contribution < -0.4 is 5.32 Å². The highest BCUT2D eigenvalue weighted by Crippen LogP contribution is 2.27. The topological polar surface area (TPSA) is 61.7 Å². The summed E-state index contributed by atoms with van der Waals surface area (Å²) in [5, 5.41) is 12.0. The van der Waals surface area contributed by atoms with Crippen molar-refractivity contribution >= 4 is 28.9 Å². The second kappa shape index (κ2) is 6.45. The molecular weight excluding hydrogens is 284 g/mol. The first-order valence-electron chi connectivity index (χ1n) is 6.87. The normalized spacial score (nSPS) is 19.3. The van der Waals surface area contributed by atoms with Gasteiger partial charge in [0.2, 0.25) is 0 Å². The molecule has 4 nitrogen and oxygen atoms in total. The highest BCUT2D eigenvalue weighted by Gasteiger charge is 2.23. The summed E-state index contributed by atoms with van der Waals surface area (Å²) in [6, 6.07) is 8.21. The van der Waals surface area contributed by atoms with E-state index in [-0.39, 0.29) is 17.9 Å². The number of aliphatic hydroxyl groups is 1. The van der Waals surface area contributed by atoms with Crippen LogP contribution in [-0.4, -0.2) is 29.3 Å². The molecule has 0 atom stereocenters. The van der Waals surface area contributed by atoms with Gasteiger partial charge in [-0.15, -0.1) is 0 Å². The smallest absolute Gasteiger partial charge is 0.264 e. The Balaban J connectivity index is 2.15. The number of amidine groups is 1. The fourth-order valence-corrected chi connectivity index (χ4v) is 2.73. The number of carbonyl (C=O) groups is 1. The van der Waals surface area contributed by atoms with E-state index in [1.807, 2.05) is 18.2 Å². The quantitative estimate of drug-likeness (QED) is 0.844. The maximum Gasteiger partial charge on any atom is 0.264 e. The zero-order valence-electron chi connectivity index (χ0n) is 12.5. The second-order valence-electron chi connectivity index (χ2n) is 5.85. The van der Waals surface area contributed by atoms with Crippen LogP contribution in [0.15, 0.2) is 34.2 Å². The van der Waals surface area contributed by atoms with Gasteiger partial charge in [-0.2, -0.15) is 0 Å². The van der Waals surface area contributed by atoms with Gasteiger partial charge in [0, 0.05) is 0 Å². The third-order valence-electron chi connectivity index (χ3n) is 3.08. The molecule has 1 aromatic rings. The number of thioether (sulfide) groups is 1. The van der Waals surface area contributed by atoms with Crippen LogP contribution in [0.5, 0.6) is 0 Å². The van der Waals surface area contributed by atoms with Gasteiger partial charge in [-0.05, 0) is 34.4 Å². The van der Waals surface area contributed by atoms with Gasteiger partial charge in [0.1, 0.15) is 0 Å². The second-order valence-corrected chi connectivity index (χ2v) is 6.88. The molecule has 0 unspecified atom stereocenters. The van der Waals surface area contributed by atoms with Crippen LogP contribution in [0.3, 0.4) is 0 Å². The Morgan fingerprint density at radius 1 is 1.29 bits per heavy atom. The van der Waals surface area contributed by atoms with Gasteiger partial charge in [0.15, 0.2) is 5.17 Å². The Labute approximate surface area is 129 Å². The van der Waals surface area contributed by atoms with E-state index in [0.29, 0.717) is 16.6 Å². The standard InChI is InChI=1S/C16H20N2O2S/c1-16(2,3)12-6-4-11(5-7-12)10-13-14(20)18-15(21-13)17-8-9-19/h4-7,10,19H,8-9H2,1-3H3,(H,17,18,20)/b13-10-. The van der Waals surface area contributed by atoms with Crippen molar-refractivity contribution in [1.29, 1.82) is 0 Å².